The number of anilines is 1. The van der Waals surface area contributed by atoms with Gasteiger partial charge in [-0.2, -0.15) is 5.10 Å². The number of carbonyl (C=O) groups is 2. The number of rotatable bonds is 5. The lowest BCUT2D eigenvalue weighted by Gasteiger charge is -2.31. The summed E-state index contributed by atoms with van der Waals surface area (Å²) < 4.78 is 7.57. The first-order valence-corrected chi connectivity index (χ1v) is 9.30. The first-order chi connectivity index (χ1) is 13.1. The van der Waals surface area contributed by atoms with E-state index < -0.39 is 0 Å². The summed E-state index contributed by atoms with van der Waals surface area (Å²) in [5.41, 5.74) is 1.30. The van der Waals surface area contributed by atoms with E-state index in [2.05, 4.69) is 15.4 Å². The van der Waals surface area contributed by atoms with Gasteiger partial charge in [0.2, 0.25) is 11.8 Å². The van der Waals surface area contributed by atoms with E-state index in [9.17, 15) is 9.59 Å². The summed E-state index contributed by atoms with van der Waals surface area (Å²) in [6, 6.07) is 3.58. The summed E-state index contributed by atoms with van der Waals surface area (Å²) in [7, 11) is 1.80. The van der Waals surface area contributed by atoms with Gasteiger partial charge in [0.1, 0.15) is 6.10 Å². The quantitative estimate of drug-likeness (QED) is 0.869. The Bertz CT molecular complexity index is 820. The maximum Gasteiger partial charge on any atom is 0.257 e. The van der Waals surface area contributed by atoms with Gasteiger partial charge in [0.25, 0.3) is 5.91 Å². The molecule has 3 heterocycles. The van der Waals surface area contributed by atoms with Crippen molar-refractivity contribution in [2.75, 3.05) is 18.4 Å². The molecule has 8 heteroatoms. The van der Waals surface area contributed by atoms with Gasteiger partial charge < -0.3 is 15.0 Å². The van der Waals surface area contributed by atoms with Crippen molar-refractivity contribution in [1.29, 1.82) is 0 Å². The summed E-state index contributed by atoms with van der Waals surface area (Å²) in [6.07, 6.45) is 8.45. The number of aromatic nitrogens is 3. The summed E-state index contributed by atoms with van der Waals surface area (Å²) in [6.45, 7) is 1.29. The van der Waals surface area contributed by atoms with Gasteiger partial charge >= 0.3 is 0 Å². The molecule has 2 aromatic rings. The van der Waals surface area contributed by atoms with Gasteiger partial charge in [-0.05, 0) is 18.9 Å². The van der Waals surface area contributed by atoms with Gasteiger partial charge in [0.15, 0.2) is 0 Å². The van der Waals surface area contributed by atoms with Crippen LogP contribution in [-0.4, -0.2) is 50.7 Å². The lowest BCUT2D eigenvalue weighted by molar-refractivity contribution is -0.117. The van der Waals surface area contributed by atoms with Gasteiger partial charge in [0.05, 0.1) is 23.6 Å². The number of ether oxygens (including phenoxy) is 1. The number of amides is 2. The average molecular weight is 369 g/mol. The van der Waals surface area contributed by atoms with Crippen molar-refractivity contribution >= 4 is 17.5 Å². The van der Waals surface area contributed by atoms with Gasteiger partial charge in [-0.25, -0.2) is 4.98 Å². The van der Waals surface area contributed by atoms with Crippen LogP contribution < -0.4 is 10.1 Å². The van der Waals surface area contributed by atoms with Crippen molar-refractivity contribution in [1.82, 2.24) is 19.7 Å². The molecule has 1 saturated carbocycles. The summed E-state index contributed by atoms with van der Waals surface area (Å²) in [4.78, 5) is 30.3. The van der Waals surface area contributed by atoms with E-state index in [0.29, 0.717) is 30.2 Å². The second kappa shape index (κ2) is 7.38. The number of likely N-dealkylation sites (tertiary alicyclic amines) is 1. The maximum atomic E-state index is 12.4. The van der Waals surface area contributed by atoms with Crippen LogP contribution in [0.4, 0.5) is 5.69 Å². The number of nitrogens with one attached hydrogen (secondary N) is 1. The molecule has 2 aromatic heterocycles. The van der Waals surface area contributed by atoms with Crippen molar-refractivity contribution in [3.63, 3.8) is 0 Å². The highest BCUT2D eigenvalue weighted by atomic mass is 16.5. The number of piperidine rings is 1. The van der Waals surface area contributed by atoms with Crippen molar-refractivity contribution in [2.45, 2.75) is 31.8 Å². The van der Waals surface area contributed by atoms with E-state index >= 15 is 0 Å². The lowest BCUT2D eigenvalue weighted by atomic mass is 10.1. The molecule has 2 fully saturated rings. The molecule has 0 radical (unpaired) electrons. The number of nitrogens with zero attached hydrogens (tertiary/aromatic N) is 4. The van der Waals surface area contributed by atoms with E-state index in [4.69, 9.17) is 4.74 Å². The first kappa shape index (κ1) is 17.5. The van der Waals surface area contributed by atoms with Crippen LogP contribution in [0.5, 0.6) is 5.88 Å². The highest BCUT2D eigenvalue weighted by molar-refractivity contribution is 5.94. The summed E-state index contributed by atoms with van der Waals surface area (Å²) >= 11 is 0. The van der Waals surface area contributed by atoms with Crippen molar-refractivity contribution < 1.29 is 14.3 Å². The number of hydrogen-bond donors (Lipinski definition) is 1. The zero-order valence-corrected chi connectivity index (χ0v) is 15.3. The van der Waals surface area contributed by atoms with Crippen LogP contribution >= 0.6 is 0 Å². The highest BCUT2D eigenvalue weighted by Gasteiger charge is 2.29. The summed E-state index contributed by atoms with van der Waals surface area (Å²) in [5, 5.41) is 6.91. The molecule has 0 atom stereocenters. The monoisotopic (exact) mass is 369 g/mol. The molecule has 27 heavy (non-hydrogen) atoms. The van der Waals surface area contributed by atoms with Crippen molar-refractivity contribution in [3.05, 3.63) is 36.3 Å². The minimum absolute atomic E-state index is 0.00966. The fraction of sp³-hybridized carbons (Fsp3) is 0.474. The first-order valence-electron chi connectivity index (χ1n) is 9.30. The molecule has 8 nitrogen and oxygen atoms in total. The largest absolute Gasteiger partial charge is 0.474 e. The molecule has 0 aromatic carbocycles. The van der Waals surface area contributed by atoms with E-state index in [0.717, 1.165) is 25.7 Å². The van der Waals surface area contributed by atoms with Crippen LogP contribution in [0.2, 0.25) is 0 Å². The predicted molar refractivity (Wildman–Crippen MR) is 98.4 cm³/mol. The average Bonchev–Trinajstić information content (AvgIpc) is 3.45. The normalized spacial score (nSPS) is 17.6. The second-order valence-electron chi connectivity index (χ2n) is 7.16. The van der Waals surface area contributed by atoms with Crippen LogP contribution in [0.25, 0.3) is 0 Å². The van der Waals surface area contributed by atoms with E-state index in [1.807, 2.05) is 11.0 Å². The third-order valence-electron chi connectivity index (χ3n) is 4.92. The Balaban J connectivity index is 1.26. The fourth-order valence-corrected chi connectivity index (χ4v) is 3.18. The Morgan fingerprint density at radius 2 is 1.93 bits per heavy atom. The molecule has 0 bridgehead atoms. The van der Waals surface area contributed by atoms with Crippen LogP contribution in [0.15, 0.2) is 30.7 Å². The Labute approximate surface area is 157 Å². The van der Waals surface area contributed by atoms with Crippen molar-refractivity contribution in [2.24, 2.45) is 13.0 Å². The van der Waals surface area contributed by atoms with Gasteiger partial charge in [-0.15, -0.1) is 0 Å². The van der Waals surface area contributed by atoms with E-state index in [1.165, 1.54) is 0 Å². The van der Waals surface area contributed by atoms with Gasteiger partial charge in [-0.1, -0.05) is 0 Å². The minimum Gasteiger partial charge on any atom is -0.474 e. The molecular formula is C19H23N5O3. The fourth-order valence-electron chi connectivity index (χ4n) is 3.18. The molecule has 1 aliphatic carbocycles. The Morgan fingerprint density at radius 3 is 2.52 bits per heavy atom. The molecule has 4 rings (SSSR count). The SMILES string of the molecule is Cn1cc(C(=O)N2CCC(Oc3ccc(NC(=O)C4CC4)cn3)CC2)cn1. The molecular weight excluding hydrogens is 346 g/mol. The Hall–Kier alpha value is -2.90. The molecule has 0 spiro atoms. The maximum absolute atomic E-state index is 12.4. The minimum atomic E-state index is 0.00966. The number of hydrogen-bond acceptors (Lipinski definition) is 5. The standard InChI is InChI=1S/C19H23N5O3/c1-23-12-14(10-21-23)19(26)24-8-6-16(7-9-24)27-17-5-4-15(11-20-17)22-18(25)13-2-3-13/h4-5,10-13,16H,2-3,6-9H2,1H3,(H,22,25). The van der Waals surface area contributed by atoms with Crippen LogP contribution in [-0.2, 0) is 11.8 Å². The highest BCUT2D eigenvalue weighted by Crippen LogP contribution is 2.30. The number of carbonyl (C=O) groups excluding carboxylic acids is 2. The Morgan fingerprint density at radius 1 is 1.15 bits per heavy atom. The van der Waals surface area contributed by atoms with Crippen LogP contribution in [0.3, 0.4) is 0 Å². The molecule has 2 aliphatic rings. The van der Waals surface area contributed by atoms with Crippen LogP contribution in [0, 0.1) is 5.92 Å². The molecule has 2 amide bonds. The van der Waals surface area contributed by atoms with Crippen molar-refractivity contribution in [3.8, 4) is 5.88 Å². The zero-order chi connectivity index (χ0) is 18.8. The zero-order valence-electron chi connectivity index (χ0n) is 15.3. The topological polar surface area (TPSA) is 89.4 Å². The van der Waals surface area contributed by atoms with Crippen LogP contribution in [0.1, 0.15) is 36.0 Å². The Kier molecular flexibility index (Phi) is 4.79. The van der Waals surface area contributed by atoms with Gasteiger partial charge in [0, 0.05) is 51.2 Å². The smallest absolute Gasteiger partial charge is 0.257 e. The number of pyridine rings is 1. The summed E-state index contributed by atoms with van der Waals surface area (Å²) in [5.74, 6) is 0.781. The van der Waals surface area contributed by atoms with E-state index in [1.54, 1.807) is 36.4 Å². The predicted octanol–water partition coefficient (Wildman–Crippen LogP) is 1.85. The lowest BCUT2D eigenvalue weighted by Crippen LogP contribution is -2.41. The third kappa shape index (κ3) is 4.27. The molecule has 1 saturated heterocycles. The molecule has 142 valence electrons. The van der Waals surface area contributed by atoms with E-state index in [-0.39, 0.29) is 23.8 Å². The molecule has 1 aliphatic heterocycles. The molecule has 0 unspecified atom stereocenters. The third-order valence-corrected chi connectivity index (χ3v) is 4.92. The second-order valence-corrected chi connectivity index (χ2v) is 7.16. The van der Waals surface area contributed by atoms with Gasteiger partial charge in [-0.3, -0.25) is 14.3 Å². The number of aryl methyl sites for hydroxylation is 1. The molecule has 1 N–H and O–H groups in total.